The van der Waals surface area contributed by atoms with Gasteiger partial charge < -0.3 is 20.1 Å². The van der Waals surface area contributed by atoms with Crippen molar-refractivity contribution in [3.05, 3.63) is 47.9 Å². The van der Waals surface area contributed by atoms with Gasteiger partial charge in [-0.25, -0.2) is 9.97 Å². The molecule has 1 fully saturated rings. The number of hydrogen-bond acceptors (Lipinski definition) is 7. The van der Waals surface area contributed by atoms with Crippen molar-refractivity contribution < 1.29 is 9.84 Å². The summed E-state index contributed by atoms with van der Waals surface area (Å²) in [4.78, 5) is 17.1. The number of imidazole rings is 1. The number of fused-ring (bicyclic) bond motifs is 1. The highest BCUT2D eigenvalue weighted by atomic mass is 32.1. The molecule has 5 rings (SSSR count). The summed E-state index contributed by atoms with van der Waals surface area (Å²) >= 11 is 1.58. The predicted octanol–water partition coefficient (Wildman–Crippen LogP) is 5.46. The van der Waals surface area contributed by atoms with Crippen LogP contribution in [0.5, 0.6) is 11.5 Å². The highest BCUT2D eigenvalue weighted by Gasteiger charge is 2.23. The lowest BCUT2D eigenvalue weighted by Crippen LogP contribution is -2.36. The smallest absolute Gasteiger partial charge is 0.184 e. The topological polar surface area (TPSA) is 96.0 Å². The average Bonchev–Trinajstić information content (AvgIpc) is 3.37. The maximum absolute atomic E-state index is 10.2. The van der Waals surface area contributed by atoms with Crippen molar-refractivity contribution in [2.24, 2.45) is 0 Å². The standard InChI is InChI=1S/C24H27N5O2S/c1-3-17-14(2)26-23(27-17)20-12-16(10-11-25-20)31-15-8-9-19-22(13-15)32-24(29-19)28-18-6-4-5-7-21(18)30/h8-13,18,21,30H,3-7H2,1-2H3,(H,26,27)(H,28,29)/t18-,21-/m1/s1. The fraction of sp³-hybridized carbons (Fsp3) is 0.375. The molecule has 0 spiro atoms. The van der Waals surface area contributed by atoms with Crippen LogP contribution in [0.2, 0.25) is 0 Å². The minimum Gasteiger partial charge on any atom is -0.457 e. The SMILES string of the molecule is CCc1nc(-c2cc(Oc3ccc4nc(N[C@@H]5CCCC[C@H]5O)sc4c3)ccn2)[nH]c1C. The van der Waals surface area contributed by atoms with Crippen molar-refractivity contribution in [1.29, 1.82) is 0 Å². The molecule has 8 heteroatoms. The molecule has 1 aliphatic carbocycles. The second-order valence-corrected chi connectivity index (χ2v) is 9.27. The van der Waals surface area contributed by atoms with Gasteiger partial charge in [-0.15, -0.1) is 0 Å². The zero-order valence-corrected chi connectivity index (χ0v) is 19.1. The third kappa shape index (κ3) is 4.33. The number of aromatic amines is 1. The van der Waals surface area contributed by atoms with Crippen molar-refractivity contribution in [3.8, 4) is 23.0 Å². The van der Waals surface area contributed by atoms with Crippen LogP contribution in [0.4, 0.5) is 5.13 Å². The van der Waals surface area contributed by atoms with Crippen LogP contribution in [0, 0.1) is 6.92 Å². The highest BCUT2D eigenvalue weighted by molar-refractivity contribution is 7.22. The molecule has 166 valence electrons. The molecule has 0 amide bonds. The molecule has 0 aliphatic heterocycles. The molecular formula is C24H27N5O2S. The Balaban J connectivity index is 1.34. The Morgan fingerprint density at radius 3 is 2.81 bits per heavy atom. The van der Waals surface area contributed by atoms with Gasteiger partial charge in [-0.05, 0) is 44.4 Å². The number of thiazole rings is 1. The summed E-state index contributed by atoms with van der Waals surface area (Å²) in [5.41, 5.74) is 3.79. The Morgan fingerprint density at radius 1 is 1.16 bits per heavy atom. The lowest BCUT2D eigenvalue weighted by molar-refractivity contribution is 0.116. The van der Waals surface area contributed by atoms with E-state index in [2.05, 4.69) is 32.2 Å². The Labute approximate surface area is 190 Å². The highest BCUT2D eigenvalue weighted by Crippen LogP contribution is 2.33. The minimum absolute atomic E-state index is 0.0775. The molecule has 32 heavy (non-hydrogen) atoms. The Hall–Kier alpha value is -2.97. The number of rotatable bonds is 6. The molecule has 4 aromatic rings. The summed E-state index contributed by atoms with van der Waals surface area (Å²) in [6, 6.07) is 9.71. The number of ether oxygens (including phenoxy) is 1. The zero-order valence-electron chi connectivity index (χ0n) is 18.3. The number of pyridine rings is 1. The second kappa shape index (κ2) is 8.88. The first kappa shape index (κ1) is 20.9. The number of nitrogens with zero attached hydrogens (tertiary/aromatic N) is 3. The quantitative estimate of drug-likeness (QED) is 0.362. The van der Waals surface area contributed by atoms with Crippen molar-refractivity contribution in [1.82, 2.24) is 19.9 Å². The van der Waals surface area contributed by atoms with E-state index in [-0.39, 0.29) is 12.1 Å². The van der Waals surface area contributed by atoms with Gasteiger partial charge in [-0.2, -0.15) is 0 Å². The third-order valence-electron chi connectivity index (χ3n) is 5.93. The number of H-pyrrole nitrogens is 1. The summed E-state index contributed by atoms with van der Waals surface area (Å²) < 4.78 is 7.17. The molecule has 1 aliphatic rings. The molecule has 7 nitrogen and oxygen atoms in total. The van der Waals surface area contributed by atoms with E-state index in [4.69, 9.17) is 4.74 Å². The maximum atomic E-state index is 10.2. The van der Waals surface area contributed by atoms with E-state index < -0.39 is 0 Å². The van der Waals surface area contributed by atoms with E-state index in [0.29, 0.717) is 5.75 Å². The second-order valence-electron chi connectivity index (χ2n) is 8.24. The summed E-state index contributed by atoms with van der Waals surface area (Å²) in [6.45, 7) is 4.12. The number of aryl methyl sites for hydroxylation is 2. The van der Waals surface area contributed by atoms with Crippen molar-refractivity contribution in [2.75, 3.05) is 5.32 Å². The number of aliphatic hydroxyl groups excluding tert-OH is 1. The van der Waals surface area contributed by atoms with E-state index in [1.54, 1.807) is 17.5 Å². The zero-order chi connectivity index (χ0) is 22.1. The van der Waals surface area contributed by atoms with Crippen molar-refractivity contribution in [3.63, 3.8) is 0 Å². The van der Waals surface area contributed by atoms with Crippen LogP contribution < -0.4 is 10.1 Å². The molecule has 3 heterocycles. The number of aromatic nitrogens is 4. The third-order valence-corrected chi connectivity index (χ3v) is 6.88. The fourth-order valence-electron chi connectivity index (χ4n) is 4.17. The number of benzene rings is 1. The van der Waals surface area contributed by atoms with Gasteiger partial charge in [0.05, 0.1) is 28.1 Å². The summed E-state index contributed by atoms with van der Waals surface area (Å²) in [5.74, 6) is 2.20. The summed E-state index contributed by atoms with van der Waals surface area (Å²) in [5, 5.41) is 14.5. The molecule has 1 saturated carbocycles. The van der Waals surface area contributed by atoms with E-state index in [1.165, 1.54) is 0 Å². The van der Waals surface area contributed by atoms with Crippen molar-refractivity contribution >= 4 is 26.7 Å². The molecular weight excluding hydrogens is 422 g/mol. The molecule has 3 aromatic heterocycles. The molecule has 0 unspecified atom stereocenters. The van der Waals surface area contributed by atoms with E-state index in [9.17, 15) is 5.11 Å². The molecule has 3 N–H and O–H groups in total. The fourth-order valence-corrected chi connectivity index (χ4v) is 5.13. The monoisotopic (exact) mass is 449 g/mol. The van der Waals surface area contributed by atoms with Crippen LogP contribution in [0.25, 0.3) is 21.7 Å². The van der Waals surface area contributed by atoms with Gasteiger partial charge in [-0.3, -0.25) is 4.98 Å². The molecule has 0 bridgehead atoms. The number of aliphatic hydroxyl groups is 1. The summed E-state index contributed by atoms with van der Waals surface area (Å²) in [6.07, 6.45) is 6.37. The predicted molar refractivity (Wildman–Crippen MR) is 128 cm³/mol. The van der Waals surface area contributed by atoms with E-state index in [1.807, 2.05) is 37.3 Å². The number of nitrogens with one attached hydrogen (secondary N) is 2. The van der Waals surface area contributed by atoms with Gasteiger partial charge >= 0.3 is 0 Å². The lowest BCUT2D eigenvalue weighted by atomic mass is 9.93. The number of anilines is 1. The van der Waals surface area contributed by atoms with Gasteiger partial charge in [0.15, 0.2) is 11.0 Å². The normalized spacial score (nSPS) is 18.7. The Kier molecular flexibility index (Phi) is 5.80. The largest absolute Gasteiger partial charge is 0.457 e. The molecule has 0 saturated heterocycles. The van der Waals surface area contributed by atoms with Gasteiger partial charge in [0.25, 0.3) is 0 Å². The number of hydrogen-bond donors (Lipinski definition) is 3. The molecule has 0 radical (unpaired) electrons. The van der Waals surface area contributed by atoms with Gasteiger partial charge in [-0.1, -0.05) is 31.1 Å². The van der Waals surface area contributed by atoms with E-state index >= 15 is 0 Å². The van der Waals surface area contributed by atoms with Gasteiger partial charge in [0, 0.05) is 24.0 Å². The Bertz CT molecular complexity index is 1230. The first-order valence-electron chi connectivity index (χ1n) is 11.1. The van der Waals surface area contributed by atoms with Crippen LogP contribution in [0.1, 0.15) is 44.0 Å². The van der Waals surface area contributed by atoms with Crippen LogP contribution >= 0.6 is 11.3 Å². The minimum atomic E-state index is -0.304. The van der Waals surface area contributed by atoms with Gasteiger partial charge in [0.1, 0.15) is 17.2 Å². The first-order valence-corrected chi connectivity index (χ1v) is 12.0. The van der Waals surface area contributed by atoms with Gasteiger partial charge in [0.2, 0.25) is 0 Å². The van der Waals surface area contributed by atoms with Crippen LogP contribution in [-0.2, 0) is 6.42 Å². The average molecular weight is 450 g/mol. The van der Waals surface area contributed by atoms with Crippen LogP contribution in [0.3, 0.4) is 0 Å². The lowest BCUT2D eigenvalue weighted by Gasteiger charge is -2.27. The summed E-state index contributed by atoms with van der Waals surface area (Å²) in [7, 11) is 0. The molecule has 2 atom stereocenters. The van der Waals surface area contributed by atoms with Crippen LogP contribution in [0.15, 0.2) is 36.5 Å². The molecule has 1 aromatic carbocycles. The van der Waals surface area contributed by atoms with Crippen LogP contribution in [-0.4, -0.2) is 37.2 Å². The first-order chi connectivity index (χ1) is 15.6. The van der Waals surface area contributed by atoms with E-state index in [0.717, 1.165) is 76.1 Å². The van der Waals surface area contributed by atoms with Crippen molar-refractivity contribution in [2.45, 2.75) is 58.1 Å². The maximum Gasteiger partial charge on any atom is 0.184 e. The Morgan fingerprint density at radius 2 is 2.00 bits per heavy atom.